The Morgan fingerprint density at radius 3 is 1.91 bits per heavy atom. The van der Waals surface area contributed by atoms with Crippen LogP contribution in [0.25, 0.3) is 0 Å². The van der Waals surface area contributed by atoms with Crippen molar-refractivity contribution < 1.29 is 42.3 Å². The van der Waals surface area contributed by atoms with Crippen molar-refractivity contribution in [3.63, 3.8) is 0 Å². The smallest absolute Gasteiger partial charge is 0.357 e. The van der Waals surface area contributed by atoms with Crippen LogP contribution in [0.2, 0.25) is 10.0 Å². The predicted molar refractivity (Wildman–Crippen MR) is 180 cm³/mol. The molecule has 1 aliphatic rings. The van der Waals surface area contributed by atoms with Crippen LogP contribution < -0.4 is 21.7 Å². The number of carbonyl (C=O) groups is 4. The number of halogens is 2. The van der Waals surface area contributed by atoms with Gasteiger partial charge in [0.2, 0.25) is 20.0 Å². The molecule has 1 heterocycles. The summed E-state index contributed by atoms with van der Waals surface area (Å²) in [6.45, 7) is 11.7. The van der Waals surface area contributed by atoms with Gasteiger partial charge in [0.1, 0.15) is 12.0 Å². The summed E-state index contributed by atoms with van der Waals surface area (Å²) in [5.74, 6) is -1.83. The molecule has 0 unspecified atom stereocenters. The number of nitrogens with two attached hydrogens (primary N) is 1. The quantitative estimate of drug-likeness (QED) is 0.0562. The molecule has 0 aliphatic carbocycles. The van der Waals surface area contributed by atoms with E-state index in [2.05, 4.69) is 20.9 Å². The van der Waals surface area contributed by atoms with Crippen molar-refractivity contribution in [2.45, 2.75) is 67.3 Å². The molecule has 0 spiro atoms. The summed E-state index contributed by atoms with van der Waals surface area (Å²) in [6, 6.07) is 5.40. The Hall–Kier alpha value is -3.00. The van der Waals surface area contributed by atoms with Gasteiger partial charge in [-0.3, -0.25) is 37.8 Å². The monoisotopic (exact) mass is 721 g/mol. The molecule has 0 radical (unpaired) electrons. The average molecular weight is 723 g/mol. The van der Waals surface area contributed by atoms with E-state index in [0.717, 1.165) is 47.8 Å². The number of esters is 2. The van der Waals surface area contributed by atoms with Crippen molar-refractivity contribution in [2.24, 2.45) is 21.6 Å². The molecule has 1 aliphatic heterocycles. The van der Waals surface area contributed by atoms with Crippen LogP contribution in [0.1, 0.15) is 59.9 Å². The largest absolute Gasteiger partial charge is 0.438 e. The van der Waals surface area contributed by atoms with Gasteiger partial charge in [0, 0.05) is 22.3 Å². The number of hydrogen-bond donors (Lipinski definition) is 4. The highest BCUT2D eigenvalue weighted by Crippen LogP contribution is 2.48. The molecule has 14 nitrogen and oxygen atoms in total. The molecule has 47 heavy (non-hydrogen) atoms. The van der Waals surface area contributed by atoms with Gasteiger partial charge < -0.3 is 31.2 Å². The lowest BCUT2D eigenvalue weighted by Crippen LogP contribution is -2.44. The highest BCUT2D eigenvalue weighted by atomic mass is 35.5. The van der Waals surface area contributed by atoms with E-state index >= 15 is 0 Å². The summed E-state index contributed by atoms with van der Waals surface area (Å²) in [5, 5.41) is 9.69. The van der Waals surface area contributed by atoms with Gasteiger partial charge in [-0.15, -0.1) is 0 Å². The second kappa shape index (κ2) is 19.7. The van der Waals surface area contributed by atoms with Crippen LogP contribution in [-0.4, -0.2) is 69.5 Å². The van der Waals surface area contributed by atoms with E-state index in [-0.39, 0.29) is 17.4 Å². The lowest BCUT2D eigenvalue weighted by molar-refractivity contribution is -0.162. The van der Waals surface area contributed by atoms with Gasteiger partial charge in [-0.25, -0.2) is 0 Å². The van der Waals surface area contributed by atoms with Gasteiger partial charge in [-0.1, -0.05) is 29.3 Å². The highest BCUT2D eigenvalue weighted by molar-refractivity contribution is 7.53. The maximum absolute atomic E-state index is 13.2. The van der Waals surface area contributed by atoms with Crippen LogP contribution >= 0.6 is 30.8 Å². The topological polar surface area (TPSA) is 197 Å². The fourth-order valence-electron chi connectivity index (χ4n) is 3.29. The molecular weight excluding hydrogens is 676 g/mol. The molecule has 0 atom stereocenters. The first kappa shape index (κ1) is 42.0. The second-order valence-electron chi connectivity index (χ2n) is 12.4. The molecule has 2 rings (SSSR count). The van der Waals surface area contributed by atoms with E-state index in [9.17, 15) is 23.7 Å². The molecule has 0 saturated carbocycles. The molecule has 2 amide bonds. The summed E-state index contributed by atoms with van der Waals surface area (Å²) in [6.07, 6.45) is 2.13. The van der Waals surface area contributed by atoms with Crippen molar-refractivity contribution in [1.29, 1.82) is 0 Å². The number of amides is 2. The summed E-state index contributed by atoms with van der Waals surface area (Å²) in [7, 11) is -4.13. The van der Waals surface area contributed by atoms with Crippen molar-refractivity contribution in [3.8, 4) is 0 Å². The van der Waals surface area contributed by atoms with Crippen LogP contribution in [0, 0.1) is 17.8 Å². The number of hydrogen-bond acceptors (Lipinski definition) is 12. The molecular formula is C30H46Cl2N5O9P. The van der Waals surface area contributed by atoms with Gasteiger partial charge in [0.15, 0.2) is 0 Å². The van der Waals surface area contributed by atoms with Crippen LogP contribution in [0.5, 0.6) is 0 Å². The minimum atomic E-state index is -4.13. The maximum Gasteiger partial charge on any atom is 0.357 e. The third-order valence-electron chi connectivity index (χ3n) is 6.20. The van der Waals surface area contributed by atoms with Gasteiger partial charge >= 0.3 is 19.5 Å². The minimum Gasteiger partial charge on any atom is -0.438 e. The van der Waals surface area contributed by atoms with E-state index < -0.39 is 56.1 Å². The minimum absolute atomic E-state index is 0.0784. The summed E-state index contributed by atoms with van der Waals surface area (Å²) < 4.78 is 33.5. The Morgan fingerprint density at radius 2 is 1.49 bits per heavy atom. The Labute approximate surface area is 286 Å². The zero-order valence-electron chi connectivity index (χ0n) is 27.8. The molecule has 17 heteroatoms. The predicted octanol–water partition coefficient (Wildman–Crippen LogP) is 4.42. The van der Waals surface area contributed by atoms with E-state index in [1.807, 2.05) is 25.1 Å². The second-order valence-corrected chi connectivity index (χ2v) is 15.2. The lowest BCUT2D eigenvalue weighted by Gasteiger charge is -2.23. The van der Waals surface area contributed by atoms with E-state index in [1.165, 1.54) is 0 Å². The first-order valence-electron chi connectivity index (χ1n) is 14.6. The maximum atomic E-state index is 13.2. The zero-order valence-corrected chi connectivity index (χ0v) is 30.2. The van der Waals surface area contributed by atoms with Gasteiger partial charge in [0.05, 0.1) is 16.5 Å². The average Bonchev–Trinajstić information content (AvgIpc) is 2.99. The summed E-state index contributed by atoms with van der Waals surface area (Å²) in [4.78, 5) is 51.5. The number of carbonyl (C=O) groups excluding carboxylic acids is 4. The molecule has 0 bridgehead atoms. The van der Waals surface area contributed by atoms with E-state index in [1.54, 1.807) is 41.5 Å². The highest BCUT2D eigenvalue weighted by Gasteiger charge is 2.30. The number of nitrogens with zero attached hydrogens (tertiary/aromatic N) is 1. The van der Waals surface area contributed by atoms with Gasteiger partial charge in [-0.2, -0.15) is 0 Å². The van der Waals surface area contributed by atoms with Gasteiger partial charge in [0.25, 0.3) is 5.91 Å². The van der Waals surface area contributed by atoms with Crippen molar-refractivity contribution >= 4 is 61.3 Å². The van der Waals surface area contributed by atoms with E-state index in [4.69, 9.17) is 47.5 Å². The first-order valence-corrected chi connectivity index (χ1v) is 17.1. The van der Waals surface area contributed by atoms with Crippen LogP contribution in [0.3, 0.4) is 0 Å². The number of piperidine rings is 1. The van der Waals surface area contributed by atoms with Gasteiger partial charge in [-0.05, 0) is 92.1 Å². The summed E-state index contributed by atoms with van der Waals surface area (Å²) in [5.41, 5.74) is 4.74. The Bertz CT molecular complexity index is 1280. The van der Waals surface area contributed by atoms with Crippen molar-refractivity contribution in [3.05, 3.63) is 45.2 Å². The molecule has 1 aromatic carbocycles. The fraction of sp³-hybridized carbons (Fsp3) is 0.567. The lowest BCUT2D eigenvalue weighted by atomic mass is 9.98. The number of allylic oxidation sites excluding steroid dienone is 1. The molecule has 0 aromatic heterocycles. The summed E-state index contributed by atoms with van der Waals surface area (Å²) >= 11 is 11.5. The Morgan fingerprint density at radius 1 is 1.00 bits per heavy atom. The number of benzene rings is 1. The molecule has 1 fully saturated rings. The Kier molecular flexibility index (Phi) is 17.6. The molecule has 264 valence electrons. The SMILES string of the molecule is CC(C)(C)C(=O)OCOP(=O)(C/N=C/C(NC=O)=C(\N)C(=O)NC1CCNCC1)OCOC(=O)C(C)(C)C.Cc1c(Cl)cccc1Cl. The van der Waals surface area contributed by atoms with Crippen LogP contribution in [0.15, 0.2) is 34.6 Å². The zero-order chi connectivity index (χ0) is 35.8. The first-order chi connectivity index (χ1) is 21.8. The van der Waals surface area contributed by atoms with Crippen LogP contribution in [0.4, 0.5) is 0 Å². The Balaban J connectivity index is 0.00000105. The molecule has 1 aromatic rings. The normalized spacial score (nSPS) is 14.7. The standard InChI is InChI=1S/C23H40N5O9P.C7H6Cl2/c1-22(2,3)20(31)34-14-36-38(33,37-15-35-21(32)23(4,5)6)13-26-11-17(27-12-29)18(24)19(30)28-16-7-9-25-10-8-16;1-5-6(8)3-2-4-7(5)9/h11-12,16,25H,7-10,13-15,24H2,1-6H3,(H,27,29)(H,28,30);2-4H,1H3/b18-17+,26-11+;. The number of ether oxygens (including phenoxy) is 2. The third-order valence-corrected chi connectivity index (χ3v) is 8.53. The van der Waals surface area contributed by atoms with Crippen molar-refractivity contribution in [1.82, 2.24) is 16.0 Å². The molecule has 5 N–H and O–H groups in total. The van der Waals surface area contributed by atoms with Crippen LogP contribution in [-0.2, 0) is 42.3 Å². The number of nitrogens with one attached hydrogen (secondary N) is 3. The molecule has 1 saturated heterocycles. The number of aliphatic imine (C=N–C) groups is 1. The van der Waals surface area contributed by atoms with E-state index in [0.29, 0.717) is 6.41 Å². The fourth-order valence-corrected chi connectivity index (χ4v) is 4.63. The van der Waals surface area contributed by atoms with Crippen molar-refractivity contribution in [2.75, 3.05) is 33.0 Å². The number of rotatable bonds is 13. The third kappa shape index (κ3) is 16.1.